The largest absolute Gasteiger partial charge is 0.322 e. The molecule has 1 aromatic heterocycles. The number of nitrogens with zero attached hydrogens (tertiary/aromatic N) is 1. The van der Waals surface area contributed by atoms with Crippen molar-refractivity contribution in [1.29, 1.82) is 0 Å². The average molecular weight is 257 g/mol. The Morgan fingerprint density at radius 3 is 3.00 bits per heavy atom. The first-order chi connectivity index (χ1) is 6.16. The van der Waals surface area contributed by atoms with E-state index in [0.717, 1.165) is 15.0 Å². The number of thiazole rings is 1. The average Bonchev–Trinajstić information content (AvgIpc) is 2.46. The molecule has 0 amide bonds. The summed E-state index contributed by atoms with van der Waals surface area (Å²) in [5.41, 5.74) is 6.78. The van der Waals surface area contributed by atoms with Gasteiger partial charge in [-0.3, -0.25) is 0 Å². The molecule has 0 bridgehead atoms. The zero-order chi connectivity index (χ0) is 9.42. The number of halogens is 1. The predicted octanol–water partition coefficient (Wildman–Crippen LogP) is 3.08. The van der Waals surface area contributed by atoms with Crippen molar-refractivity contribution < 1.29 is 0 Å². The van der Waals surface area contributed by atoms with E-state index in [9.17, 15) is 0 Å². The molecule has 1 aromatic carbocycles. The number of aromatic nitrogens is 1. The highest BCUT2D eigenvalue weighted by atomic mass is 79.9. The second-order valence-corrected chi connectivity index (χ2v) is 4.93. The van der Waals surface area contributed by atoms with Crippen LogP contribution in [0.25, 0.3) is 10.2 Å². The van der Waals surface area contributed by atoms with Crippen molar-refractivity contribution in [1.82, 2.24) is 4.98 Å². The molecule has 0 saturated carbocycles. The SMILES string of the molecule is C[C@@H](N)c1nc2ccc(Br)cc2s1. The summed E-state index contributed by atoms with van der Waals surface area (Å²) in [5, 5.41) is 0.994. The Morgan fingerprint density at radius 1 is 1.54 bits per heavy atom. The Balaban J connectivity index is 2.62. The van der Waals surface area contributed by atoms with Crippen LogP contribution >= 0.6 is 27.3 Å². The van der Waals surface area contributed by atoms with Crippen LogP contribution in [0.5, 0.6) is 0 Å². The van der Waals surface area contributed by atoms with Gasteiger partial charge in [0.2, 0.25) is 0 Å². The molecule has 1 heterocycles. The summed E-state index contributed by atoms with van der Waals surface area (Å²) < 4.78 is 2.27. The Morgan fingerprint density at radius 2 is 2.31 bits per heavy atom. The van der Waals surface area contributed by atoms with Crippen LogP contribution in [0.2, 0.25) is 0 Å². The molecule has 2 nitrogen and oxygen atoms in total. The van der Waals surface area contributed by atoms with Gasteiger partial charge in [0, 0.05) is 4.47 Å². The molecule has 0 aliphatic heterocycles. The highest BCUT2D eigenvalue weighted by Gasteiger charge is 2.06. The summed E-state index contributed by atoms with van der Waals surface area (Å²) in [5.74, 6) is 0. The summed E-state index contributed by atoms with van der Waals surface area (Å²) in [7, 11) is 0. The second-order valence-electron chi connectivity index (χ2n) is 2.95. The molecule has 0 saturated heterocycles. The van der Waals surface area contributed by atoms with Gasteiger partial charge >= 0.3 is 0 Å². The van der Waals surface area contributed by atoms with Crippen LogP contribution < -0.4 is 5.73 Å². The van der Waals surface area contributed by atoms with Crippen molar-refractivity contribution in [2.75, 3.05) is 0 Å². The van der Waals surface area contributed by atoms with Gasteiger partial charge in [0.15, 0.2) is 0 Å². The minimum absolute atomic E-state index is 0.0242. The predicted molar refractivity (Wildman–Crippen MR) is 59.9 cm³/mol. The van der Waals surface area contributed by atoms with Gasteiger partial charge in [-0.25, -0.2) is 4.98 Å². The third-order valence-corrected chi connectivity index (χ3v) is 3.47. The van der Waals surface area contributed by atoms with Crippen LogP contribution in [-0.4, -0.2) is 4.98 Å². The van der Waals surface area contributed by atoms with Crippen LogP contribution in [0.4, 0.5) is 0 Å². The summed E-state index contributed by atoms with van der Waals surface area (Å²) in [4.78, 5) is 4.43. The topological polar surface area (TPSA) is 38.9 Å². The zero-order valence-electron chi connectivity index (χ0n) is 7.12. The van der Waals surface area contributed by atoms with E-state index in [4.69, 9.17) is 5.73 Å². The van der Waals surface area contributed by atoms with E-state index in [1.54, 1.807) is 11.3 Å². The third-order valence-electron chi connectivity index (χ3n) is 1.76. The lowest BCUT2D eigenvalue weighted by molar-refractivity contribution is 0.810. The maximum atomic E-state index is 5.75. The van der Waals surface area contributed by atoms with Crippen molar-refractivity contribution in [3.63, 3.8) is 0 Å². The lowest BCUT2D eigenvalue weighted by Crippen LogP contribution is -2.03. The number of hydrogen-bond donors (Lipinski definition) is 1. The highest BCUT2D eigenvalue weighted by molar-refractivity contribution is 9.10. The Labute approximate surface area is 88.9 Å². The number of hydrogen-bond acceptors (Lipinski definition) is 3. The normalized spacial score (nSPS) is 13.5. The van der Waals surface area contributed by atoms with Gasteiger partial charge in [-0.2, -0.15) is 0 Å². The molecule has 4 heteroatoms. The number of nitrogens with two attached hydrogens (primary N) is 1. The second kappa shape index (κ2) is 3.36. The fourth-order valence-electron chi connectivity index (χ4n) is 1.11. The molecular weight excluding hydrogens is 248 g/mol. The standard InChI is InChI=1S/C9H9BrN2S/c1-5(11)9-12-7-3-2-6(10)4-8(7)13-9/h2-5H,11H2,1H3/t5-/m1/s1. The van der Waals surface area contributed by atoms with Gasteiger partial charge in [0.05, 0.1) is 16.3 Å². The molecule has 2 N–H and O–H groups in total. The van der Waals surface area contributed by atoms with E-state index in [2.05, 4.69) is 27.0 Å². The van der Waals surface area contributed by atoms with E-state index < -0.39 is 0 Å². The lowest BCUT2D eigenvalue weighted by Gasteiger charge is -1.95. The quantitative estimate of drug-likeness (QED) is 0.852. The molecule has 13 heavy (non-hydrogen) atoms. The van der Waals surface area contributed by atoms with E-state index in [1.807, 2.05) is 19.1 Å². The maximum absolute atomic E-state index is 5.75. The summed E-state index contributed by atoms with van der Waals surface area (Å²) in [6.45, 7) is 1.95. The van der Waals surface area contributed by atoms with Crippen molar-refractivity contribution in [2.24, 2.45) is 5.73 Å². The molecule has 0 unspecified atom stereocenters. The fourth-order valence-corrected chi connectivity index (χ4v) is 2.58. The van der Waals surface area contributed by atoms with Gasteiger partial charge < -0.3 is 5.73 Å². The first kappa shape index (κ1) is 9.12. The molecule has 0 spiro atoms. The molecule has 0 aliphatic rings. The summed E-state index contributed by atoms with van der Waals surface area (Å²) >= 11 is 5.08. The molecule has 2 aromatic rings. The Kier molecular flexibility index (Phi) is 2.36. The van der Waals surface area contributed by atoms with Gasteiger partial charge in [0.25, 0.3) is 0 Å². The van der Waals surface area contributed by atoms with Crippen molar-refractivity contribution in [2.45, 2.75) is 13.0 Å². The molecular formula is C9H9BrN2S. The smallest absolute Gasteiger partial charge is 0.110 e. The molecule has 2 rings (SSSR count). The molecule has 68 valence electrons. The molecule has 0 fully saturated rings. The highest BCUT2D eigenvalue weighted by Crippen LogP contribution is 2.27. The van der Waals surface area contributed by atoms with Crippen LogP contribution in [0.1, 0.15) is 18.0 Å². The van der Waals surface area contributed by atoms with Crippen molar-refractivity contribution in [3.8, 4) is 0 Å². The van der Waals surface area contributed by atoms with Gasteiger partial charge in [-0.15, -0.1) is 11.3 Å². The van der Waals surface area contributed by atoms with E-state index >= 15 is 0 Å². The monoisotopic (exact) mass is 256 g/mol. The van der Waals surface area contributed by atoms with Crippen LogP contribution in [0, 0.1) is 0 Å². The van der Waals surface area contributed by atoms with Gasteiger partial charge in [-0.05, 0) is 25.1 Å². The fraction of sp³-hybridized carbons (Fsp3) is 0.222. The van der Waals surface area contributed by atoms with Crippen molar-refractivity contribution in [3.05, 3.63) is 27.7 Å². The minimum atomic E-state index is 0.0242. The first-order valence-corrected chi connectivity index (χ1v) is 5.59. The number of benzene rings is 1. The van der Waals surface area contributed by atoms with Gasteiger partial charge in [-0.1, -0.05) is 15.9 Å². The van der Waals surface area contributed by atoms with E-state index in [0.29, 0.717) is 0 Å². The van der Waals surface area contributed by atoms with Gasteiger partial charge in [0.1, 0.15) is 5.01 Å². The molecule has 1 atom stereocenters. The minimum Gasteiger partial charge on any atom is -0.322 e. The molecule has 0 radical (unpaired) electrons. The van der Waals surface area contributed by atoms with E-state index in [-0.39, 0.29) is 6.04 Å². The summed E-state index contributed by atoms with van der Waals surface area (Å²) in [6.07, 6.45) is 0. The Bertz CT molecular complexity index is 436. The van der Waals surface area contributed by atoms with Crippen LogP contribution in [-0.2, 0) is 0 Å². The third kappa shape index (κ3) is 1.75. The summed E-state index contributed by atoms with van der Waals surface area (Å²) in [6, 6.07) is 6.09. The van der Waals surface area contributed by atoms with Crippen LogP contribution in [0.15, 0.2) is 22.7 Å². The maximum Gasteiger partial charge on any atom is 0.110 e. The van der Waals surface area contributed by atoms with Crippen molar-refractivity contribution >= 4 is 37.5 Å². The Hall–Kier alpha value is -0.450. The number of rotatable bonds is 1. The lowest BCUT2D eigenvalue weighted by atomic mass is 10.3. The number of fused-ring (bicyclic) bond motifs is 1. The first-order valence-electron chi connectivity index (χ1n) is 3.98. The van der Waals surface area contributed by atoms with Crippen LogP contribution in [0.3, 0.4) is 0 Å². The zero-order valence-corrected chi connectivity index (χ0v) is 9.52. The molecule has 0 aliphatic carbocycles. The van der Waals surface area contributed by atoms with E-state index in [1.165, 1.54) is 4.70 Å².